The molecule has 4 nitrogen and oxygen atoms in total. The summed E-state index contributed by atoms with van der Waals surface area (Å²) in [7, 11) is 0. The van der Waals surface area contributed by atoms with Gasteiger partial charge in [-0.3, -0.25) is 0 Å². The summed E-state index contributed by atoms with van der Waals surface area (Å²) in [6.45, 7) is 6.20. The first kappa shape index (κ1) is 13.5. The zero-order valence-electron chi connectivity index (χ0n) is 11.7. The maximum Gasteiger partial charge on any atom is 0.161 e. The maximum atomic E-state index is 5.55. The first-order valence-corrected chi connectivity index (χ1v) is 6.63. The smallest absolute Gasteiger partial charge is 0.161 e. The molecule has 4 heteroatoms. The van der Waals surface area contributed by atoms with Gasteiger partial charge in [-0.05, 0) is 25.3 Å². The van der Waals surface area contributed by atoms with Gasteiger partial charge in [-0.25, -0.2) is 15.8 Å². The van der Waals surface area contributed by atoms with Gasteiger partial charge in [0.15, 0.2) is 5.82 Å². The van der Waals surface area contributed by atoms with E-state index in [1.807, 2.05) is 6.92 Å². The van der Waals surface area contributed by atoms with Gasteiger partial charge in [0.05, 0.1) is 0 Å². The molecule has 0 atom stereocenters. The highest BCUT2D eigenvalue weighted by Crippen LogP contribution is 2.22. The summed E-state index contributed by atoms with van der Waals surface area (Å²) in [4.78, 5) is 9.07. The van der Waals surface area contributed by atoms with Crippen LogP contribution in [0.3, 0.4) is 0 Å². The van der Waals surface area contributed by atoms with Crippen molar-refractivity contribution in [3.8, 4) is 11.4 Å². The Morgan fingerprint density at radius 3 is 2.26 bits per heavy atom. The monoisotopic (exact) mass is 256 g/mol. The second kappa shape index (κ2) is 5.80. The number of nitrogens with two attached hydrogens (primary N) is 1. The van der Waals surface area contributed by atoms with Crippen LogP contribution in [0, 0.1) is 6.92 Å². The van der Waals surface area contributed by atoms with Gasteiger partial charge in [0.1, 0.15) is 5.82 Å². The maximum absolute atomic E-state index is 5.55. The van der Waals surface area contributed by atoms with Crippen molar-refractivity contribution in [1.29, 1.82) is 0 Å². The lowest BCUT2D eigenvalue weighted by atomic mass is 10.1. The Kier molecular flexibility index (Phi) is 4.12. The van der Waals surface area contributed by atoms with E-state index in [0.717, 1.165) is 29.7 Å². The standard InChI is InChI=1S/C15H20N4/c1-4-11-6-8-12(9-7-11)14-17-10(3)13(5-2)15(18-14)19-16/h6-9H,4-5,16H2,1-3H3,(H,17,18,19). The molecule has 1 heterocycles. The van der Waals surface area contributed by atoms with Crippen LogP contribution in [-0.4, -0.2) is 9.97 Å². The van der Waals surface area contributed by atoms with E-state index in [2.05, 4.69) is 53.5 Å². The van der Waals surface area contributed by atoms with E-state index in [4.69, 9.17) is 5.84 Å². The molecule has 0 aliphatic carbocycles. The van der Waals surface area contributed by atoms with Crippen LogP contribution < -0.4 is 11.3 Å². The topological polar surface area (TPSA) is 63.8 Å². The summed E-state index contributed by atoms with van der Waals surface area (Å²) in [6, 6.07) is 8.33. The third-order valence-electron chi connectivity index (χ3n) is 3.32. The van der Waals surface area contributed by atoms with E-state index in [1.54, 1.807) is 0 Å². The first-order chi connectivity index (χ1) is 9.19. The summed E-state index contributed by atoms with van der Waals surface area (Å²) in [6.07, 6.45) is 1.89. The Balaban J connectivity index is 2.47. The van der Waals surface area contributed by atoms with Crippen LogP contribution in [0.4, 0.5) is 5.82 Å². The van der Waals surface area contributed by atoms with Crippen LogP contribution in [0.1, 0.15) is 30.7 Å². The Hall–Kier alpha value is -1.94. The fourth-order valence-electron chi connectivity index (χ4n) is 2.16. The van der Waals surface area contributed by atoms with Gasteiger partial charge in [0.2, 0.25) is 0 Å². The predicted octanol–water partition coefficient (Wildman–Crippen LogP) is 2.86. The normalized spacial score (nSPS) is 10.5. The van der Waals surface area contributed by atoms with Crippen LogP contribution in [0.2, 0.25) is 0 Å². The SMILES string of the molecule is CCc1ccc(-c2nc(C)c(CC)c(NN)n2)cc1. The molecule has 0 amide bonds. The molecule has 0 fully saturated rings. The van der Waals surface area contributed by atoms with Crippen molar-refractivity contribution < 1.29 is 0 Å². The lowest BCUT2D eigenvalue weighted by Gasteiger charge is -2.11. The van der Waals surface area contributed by atoms with Crippen molar-refractivity contribution in [1.82, 2.24) is 9.97 Å². The molecule has 0 radical (unpaired) electrons. The molecule has 0 saturated heterocycles. The molecule has 0 saturated carbocycles. The molecule has 0 bridgehead atoms. The molecule has 2 aromatic rings. The third kappa shape index (κ3) is 2.74. The van der Waals surface area contributed by atoms with Crippen molar-refractivity contribution in [3.05, 3.63) is 41.1 Å². The second-order valence-corrected chi connectivity index (χ2v) is 4.51. The zero-order valence-corrected chi connectivity index (χ0v) is 11.7. The molecule has 1 aromatic carbocycles. The lowest BCUT2D eigenvalue weighted by molar-refractivity contribution is 0.994. The van der Waals surface area contributed by atoms with Gasteiger partial charge in [0.25, 0.3) is 0 Å². The molecule has 1 aromatic heterocycles. The highest BCUT2D eigenvalue weighted by molar-refractivity contribution is 5.60. The minimum absolute atomic E-state index is 0.713. The number of benzene rings is 1. The van der Waals surface area contributed by atoms with E-state index in [1.165, 1.54) is 5.56 Å². The van der Waals surface area contributed by atoms with Crippen molar-refractivity contribution in [3.63, 3.8) is 0 Å². The average Bonchev–Trinajstić information content (AvgIpc) is 2.46. The highest BCUT2D eigenvalue weighted by Gasteiger charge is 2.10. The average molecular weight is 256 g/mol. The van der Waals surface area contributed by atoms with Crippen LogP contribution in [0.25, 0.3) is 11.4 Å². The number of hydrogen-bond donors (Lipinski definition) is 2. The van der Waals surface area contributed by atoms with Crippen LogP contribution in [-0.2, 0) is 12.8 Å². The minimum Gasteiger partial charge on any atom is -0.308 e. The Bertz CT molecular complexity index is 561. The molecule has 19 heavy (non-hydrogen) atoms. The fraction of sp³-hybridized carbons (Fsp3) is 0.333. The number of nitrogen functional groups attached to an aromatic ring is 1. The van der Waals surface area contributed by atoms with Gasteiger partial charge < -0.3 is 5.43 Å². The Morgan fingerprint density at radius 1 is 1.05 bits per heavy atom. The number of anilines is 1. The predicted molar refractivity (Wildman–Crippen MR) is 78.8 cm³/mol. The molecule has 0 unspecified atom stereocenters. The number of nitrogens with one attached hydrogen (secondary N) is 1. The molecular weight excluding hydrogens is 236 g/mol. The second-order valence-electron chi connectivity index (χ2n) is 4.51. The zero-order chi connectivity index (χ0) is 13.8. The fourth-order valence-corrected chi connectivity index (χ4v) is 2.16. The van der Waals surface area contributed by atoms with Gasteiger partial charge in [-0.2, -0.15) is 0 Å². The molecule has 0 aliphatic rings. The number of aromatic nitrogens is 2. The number of hydrazine groups is 1. The largest absolute Gasteiger partial charge is 0.308 e. The van der Waals surface area contributed by atoms with Crippen molar-refractivity contribution >= 4 is 5.82 Å². The molecule has 100 valence electrons. The van der Waals surface area contributed by atoms with E-state index in [-0.39, 0.29) is 0 Å². The summed E-state index contributed by atoms with van der Waals surface area (Å²) >= 11 is 0. The third-order valence-corrected chi connectivity index (χ3v) is 3.32. The number of nitrogens with zero attached hydrogens (tertiary/aromatic N) is 2. The minimum atomic E-state index is 0.713. The van der Waals surface area contributed by atoms with Gasteiger partial charge >= 0.3 is 0 Å². The highest BCUT2D eigenvalue weighted by atomic mass is 15.3. The van der Waals surface area contributed by atoms with Crippen molar-refractivity contribution in [2.75, 3.05) is 5.43 Å². The van der Waals surface area contributed by atoms with Gasteiger partial charge in [-0.1, -0.05) is 38.1 Å². The number of hydrogen-bond acceptors (Lipinski definition) is 4. The van der Waals surface area contributed by atoms with E-state index in [9.17, 15) is 0 Å². The number of rotatable bonds is 4. The van der Waals surface area contributed by atoms with Crippen molar-refractivity contribution in [2.45, 2.75) is 33.6 Å². The molecule has 0 aliphatic heterocycles. The summed E-state index contributed by atoms with van der Waals surface area (Å²) in [5.41, 5.74) is 7.03. The Morgan fingerprint density at radius 2 is 1.74 bits per heavy atom. The molecule has 0 spiro atoms. The van der Waals surface area contributed by atoms with E-state index < -0.39 is 0 Å². The molecular formula is C15H20N4. The van der Waals surface area contributed by atoms with Crippen molar-refractivity contribution in [2.24, 2.45) is 5.84 Å². The van der Waals surface area contributed by atoms with E-state index in [0.29, 0.717) is 11.6 Å². The molecule has 3 N–H and O–H groups in total. The quantitative estimate of drug-likeness (QED) is 0.652. The van der Waals surface area contributed by atoms with E-state index >= 15 is 0 Å². The summed E-state index contributed by atoms with van der Waals surface area (Å²) in [5, 5.41) is 0. The van der Waals surface area contributed by atoms with Gasteiger partial charge in [0, 0.05) is 16.8 Å². The molecule has 2 rings (SSSR count). The summed E-state index contributed by atoms with van der Waals surface area (Å²) < 4.78 is 0. The first-order valence-electron chi connectivity index (χ1n) is 6.63. The van der Waals surface area contributed by atoms with Crippen LogP contribution in [0.5, 0.6) is 0 Å². The van der Waals surface area contributed by atoms with Crippen LogP contribution in [0.15, 0.2) is 24.3 Å². The number of aryl methyl sites for hydroxylation is 2. The Labute approximate surface area is 114 Å². The van der Waals surface area contributed by atoms with Gasteiger partial charge in [-0.15, -0.1) is 0 Å². The summed E-state index contributed by atoms with van der Waals surface area (Å²) in [5.74, 6) is 6.97. The lowest BCUT2D eigenvalue weighted by Crippen LogP contribution is -2.13. The van der Waals surface area contributed by atoms with Crippen LogP contribution >= 0.6 is 0 Å².